The highest BCUT2D eigenvalue weighted by molar-refractivity contribution is 6.08. The van der Waals surface area contributed by atoms with Crippen LogP contribution in [0.4, 0.5) is 10.2 Å². The van der Waals surface area contributed by atoms with Crippen LogP contribution in [0.1, 0.15) is 17.3 Å². The number of carbonyl (C=O) groups excluding carboxylic acids is 1. The Morgan fingerprint density at radius 1 is 1.24 bits per heavy atom. The summed E-state index contributed by atoms with van der Waals surface area (Å²) in [6.45, 7) is 1.47. The van der Waals surface area contributed by atoms with Crippen molar-refractivity contribution < 1.29 is 9.18 Å². The zero-order valence-corrected chi connectivity index (χ0v) is 11.3. The Balaban J connectivity index is 2.25. The van der Waals surface area contributed by atoms with Gasteiger partial charge in [0.1, 0.15) is 17.2 Å². The molecule has 2 aromatic heterocycles. The topological polar surface area (TPSA) is 68.9 Å². The molecule has 3 rings (SSSR count). The van der Waals surface area contributed by atoms with E-state index in [4.69, 9.17) is 5.73 Å². The van der Waals surface area contributed by atoms with E-state index in [0.717, 1.165) is 0 Å². The Labute approximate surface area is 120 Å². The monoisotopic (exact) mass is 281 g/mol. The molecular weight excluding hydrogens is 269 g/mol. The minimum absolute atomic E-state index is 0.104. The highest BCUT2D eigenvalue weighted by Gasteiger charge is 2.12. The van der Waals surface area contributed by atoms with Crippen LogP contribution < -0.4 is 5.73 Å². The molecule has 104 valence electrons. The molecule has 0 fully saturated rings. The molecule has 0 radical (unpaired) electrons. The lowest BCUT2D eigenvalue weighted by atomic mass is 10.1. The number of carbonyl (C=O) groups is 1. The fourth-order valence-electron chi connectivity index (χ4n) is 2.23. The van der Waals surface area contributed by atoms with Crippen molar-refractivity contribution in [2.24, 2.45) is 0 Å². The first kappa shape index (κ1) is 13.2. The predicted molar refractivity (Wildman–Crippen MR) is 79.3 cm³/mol. The Hall–Kier alpha value is -2.82. The van der Waals surface area contributed by atoms with Crippen molar-refractivity contribution >= 4 is 22.5 Å². The quantitative estimate of drug-likeness (QED) is 0.732. The van der Waals surface area contributed by atoms with Crippen LogP contribution in [0, 0.1) is 5.82 Å². The maximum atomic E-state index is 13.3. The molecule has 0 aliphatic carbocycles. The number of hydrogen-bond acceptors (Lipinski definition) is 4. The second kappa shape index (κ2) is 4.94. The molecule has 0 unspecified atom stereocenters. The van der Waals surface area contributed by atoms with Crippen LogP contribution in [-0.4, -0.2) is 15.8 Å². The smallest absolute Gasteiger partial charge is 0.162 e. The summed E-state index contributed by atoms with van der Waals surface area (Å²) in [7, 11) is 0. The summed E-state index contributed by atoms with van der Waals surface area (Å²) >= 11 is 0. The summed E-state index contributed by atoms with van der Waals surface area (Å²) in [5, 5.41) is 0.648. The van der Waals surface area contributed by atoms with E-state index in [9.17, 15) is 9.18 Å². The Bertz CT molecular complexity index is 861. The third kappa shape index (κ3) is 2.33. The predicted octanol–water partition coefficient (Wildman–Crippen LogP) is 3.22. The molecule has 0 atom stereocenters. The summed E-state index contributed by atoms with van der Waals surface area (Å²) in [5.74, 6) is -0.195. The molecule has 0 bridgehead atoms. The van der Waals surface area contributed by atoms with Crippen molar-refractivity contribution in [3.8, 4) is 11.3 Å². The fourth-order valence-corrected chi connectivity index (χ4v) is 2.23. The standard InChI is InChI=1S/C16H12FN3O/c1-9(21)13-8-19-16(18)15-12(13)5-6-14(20-15)10-3-2-4-11(17)7-10/h2-8H,1H3,(H2,18,19). The number of benzene rings is 1. The van der Waals surface area contributed by atoms with Crippen LogP contribution in [0.25, 0.3) is 22.2 Å². The number of fused-ring (bicyclic) bond motifs is 1. The summed E-state index contributed by atoms with van der Waals surface area (Å²) in [6.07, 6.45) is 1.45. The van der Waals surface area contributed by atoms with Gasteiger partial charge in [-0.2, -0.15) is 0 Å². The molecule has 0 saturated carbocycles. The number of rotatable bonds is 2. The van der Waals surface area contributed by atoms with Gasteiger partial charge in [-0.1, -0.05) is 12.1 Å². The molecule has 0 aliphatic heterocycles. The molecule has 2 N–H and O–H groups in total. The normalized spacial score (nSPS) is 10.8. The number of halogens is 1. The number of pyridine rings is 2. The van der Waals surface area contributed by atoms with Crippen LogP contribution in [-0.2, 0) is 0 Å². The average Bonchev–Trinajstić information content (AvgIpc) is 2.47. The highest BCUT2D eigenvalue weighted by atomic mass is 19.1. The van der Waals surface area contributed by atoms with Gasteiger partial charge in [-0.25, -0.2) is 14.4 Å². The van der Waals surface area contributed by atoms with E-state index >= 15 is 0 Å². The van der Waals surface area contributed by atoms with Gasteiger partial charge in [0.05, 0.1) is 5.69 Å². The van der Waals surface area contributed by atoms with E-state index in [1.807, 2.05) is 0 Å². The fraction of sp³-hybridized carbons (Fsp3) is 0.0625. The number of hydrogen-bond donors (Lipinski definition) is 1. The largest absolute Gasteiger partial charge is 0.382 e. The van der Waals surface area contributed by atoms with Gasteiger partial charge in [-0.3, -0.25) is 4.79 Å². The van der Waals surface area contributed by atoms with E-state index in [0.29, 0.717) is 27.7 Å². The lowest BCUT2D eigenvalue weighted by molar-refractivity contribution is 0.101. The minimum Gasteiger partial charge on any atom is -0.382 e. The van der Waals surface area contributed by atoms with Gasteiger partial charge >= 0.3 is 0 Å². The first-order valence-corrected chi connectivity index (χ1v) is 6.38. The van der Waals surface area contributed by atoms with E-state index in [1.54, 1.807) is 24.3 Å². The maximum Gasteiger partial charge on any atom is 0.162 e. The van der Waals surface area contributed by atoms with Crippen LogP contribution in [0.5, 0.6) is 0 Å². The van der Waals surface area contributed by atoms with Crippen LogP contribution in [0.15, 0.2) is 42.6 Å². The lowest BCUT2D eigenvalue weighted by Gasteiger charge is -2.07. The Morgan fingerprint density at radius 2 is 2.05 bits per heavy atom. The second-order valence-corrected chi connectivity index (χ2v) is 4.72. The molecule has 5 heteroatoms. The Morgan fingerprint density at radius 3 is 2.76 bits per heavy atom. The van der Waals surface area contributed by atoms with E-state index in [1.165, 1.54) is 25.3 Å². The molecule has 2 heterocycles. The maximum absolute atomic E-state index is 13.3. The summed E-state index contributed by atoms with van der Waals surface area (Å²) in [5.41, 5.74) is 7.98. The number of aromatic nitrogens is 2. The zero-order chi connectivity index (χ0) is 15.0. The minimum atomic E-state index is -0.335. The van der Waals surface area contributed by atoms with Crippen molar-refractivity contribution in [2.45, 2.75) is 6.92 Å². The van der Waals surface area contributed by atoms with Crippen molar-refractivity contribution in [3.63, 3.8) is 0 Å². The summed E-state index contributed by atoms with van der Waals surface area (Å²) in [4.78, 5) is 20.0. The van der Waals surface area contributed by atoms with Gasteiger partial charge in [-0.05, 0) is 31.2 Å². The average molecular weight is 281 g/mol. The number of nitrogen functional groups attached to an aromatic ring is 1. The molecule has 0 saturated heterocycles. The summed E-state index contributed by atoms with van der Waals surface area (Å²) < 4.78 is 13.3. The molecule has 4 nitrogen and oxygen atoms in total. The van der Waals surface area contributed by atoms with Gasteiger partial charge in [0.25, 0.3) is 0 Å². The number of nitrogens with zero attached hydrogens (tertiary/aromatic N) is 2. The number of Topliss-reactive ketones (excluding diaryl/α,β-unsaturated/α-hetero) is 1. The van der Waals surface area contributed by atoms with Crippen LogP contribution >= 0.6 is 0 Å². The zero-order valence-electron chi connectivity index (χ0n) is 11.3. The highest BCUT2D eigenvalue weighted by Crippen LogP contribution is 2.26. The second-order valence-electron chi connectivity index (χ2n) is 4.72. The van der Waals surface area contributed by atoms with Crippen molar-refractivity contribution in [2.75, 3.05) is 5.73 Å². The van der Waals surface area contributed by atoms with Crippen molar-refractivity contribution in [3.05, 3.63) is 54.0 Å². The number of anilines is 1. The molecular formula is C16H12FN3O. The van der Waals surface area contributed by atoms with Gasteiger partial charge in [0.2, 0.25) is 0 Å². The molecule has 21 heavy (non-hydrogen) atoms. The first-order chi connectivity index (χ1) is 10.1. The van der Waals surface area contributed by atoms with E-state index in [2.05, 4.69) is 9.97 Å². The van der Waals surface area contributed by atoms with Crippen molar-refractivity contribution in [1.29, 1.82) is 0 Å². The first-order valence-electron chi connectivity index (χ1n) is 6.38. The Kier molecular flexibility index (Phi) is 3.10. The summed E-state index contributed by atoms with van der Waals surface area (Å²) in [6, 6.07) is 9.64. The van der Waals surface area contributed by atoms with Gasteiger partial charge in [-0.15, -0.1) is 0 Å². The molecule has 3 aromatic rings. The molecule has 1 aromatic carbocycles. The molecule has 0 spiro atoms. The molecule has 0 aliphatic rings. The number of nitrogens with two attached hydrogens (primary N) is 1. The van der Waals surface area contributed by atoms with Crippen LogP contribution in [0.3, 0.4) is 0 Å². The molecule has 0 amide bonds. The third-order valence-corrected chi connectivity index (χ3v) is 3.26. The number of ketones is 1. The van der Waals surface area contributed by atoms with Crippen molar-refractivity contribution in [1.82, 2.24) is 9.97 Å². The SMILES string of the molecule is CC(=O)c1cnc(N)c2nc(-c3cccc(F)c3)ccc12. The van der Waals surface area contributed by atoms with E-state index < -0.39 is 0 Å². The van der Waals surface area contributed by atoms with Gasteiger partial charge < -0.3 is 5.73 Å². The van der Waals surface area contributed by atoms with Gasteiger partial charge in [0, 0.05) is 22.7 Å². The lowest BCUT2D eigenvalue weighted by Crippen LogP contribution is -2.01. The van der Waals surface area contributed by atoms with Crippen LogP contribution in [0.2, 0.25) is 0 Å². The van der Waals surface area contributed by atoms with Gasteiger partial charge in [0.15, 0.2) is 5.78 Å². The van der Waals surface area contributed by atoms with E-state index in [-0.39, 0.29) is 17.4 Å². The third-order valence-electron chi connectivity index (χ3n) is 3.26.